The number of carbonyl (C=O) groups is 1. The van der Waals surface area contributed by atoms with Crippen molar-refractivity contribution in [3.63, 3.8) is 0 Å². The number of fused-ring (bicyclic) bond motifs is 1. The van der Waals surface area contributed by atoms with Crippen LogP contribution in [0.1, 0.15) is 29.8 Å². The molecule has 0 radical (unpaired) electrons. The molecule has 1 saturated heterocycles. The highest BCUT2D eigenvalue weighted by Gasteiger charge is 2.31. The maximum absolute atomic E-state index is 12.1. The van der Waals surface area contributed by atoms with Crippen molar-refractivity contribution in [3.8, 4) is 0 Å². The van der Waals surface area contributed by atoms with Gasteiger partial charge in [-0.1, -0.05) is 19.9 Å². The van der Waals surface area contributed by atoms with E-state index >= 15 is 0 Å². The Labute approximate surface area is 114 Å². The first kappa shape index (κ1) is 12.5. The molecule has 0 atom stereocenters. The molecule has 0 unspecified atom stereocenters. The first-order valence-electron chi connectivity index (χ1n) is 6.96. The van der Waals surface area contributed by atoms with Gasteiger partial charge in [0.25, 0.3) is 5.91 Å². The molecule has 1 fully saturated rings. The summed E-state index contributed by atoms with van der Waals surface area (Å²) in [6.07, 6.45) is 0. The Hall–Kier alpha value is -1.55. The number of hydrogen-bond donors (Lipinski definition) is 2. The molecule has 19 heavy (non-hydrogen) atoms. The van der Waals surface area contributed by atoms with Gasteiger partial charge in [-0.3, -0.25) is 4.79 Å². The summed E-state index contributed by atoms with van der Waals surface area (Å²) in [5, 5.41) is 6.34. The van der Waals surface area contributed by atoms with Crippen LogP contribution in [0.25, 0.3) is 0 Å². The van der Waals surface area contributed by atoms with Gasteiger partial charge in [0, 0.05) is 49.4 Å². The maximum Gasteiger partial charge on any atom is 0.251 e. The Balaban J connectivity index is 1.98. The van der Waals surface area contributed by atoms with Crippen LogP contribution in [0.2, 0.25) is 0 Å². The monoisotopic (exact) mass is 259 g/mol. The van der Waals surface area contributed by atoms with E-state index in [0.717, 1.165) is 43.0 Å². The van der Waals surface area contributed by atoms with Gasteiger partial charge in [0.05, 0.1) is 0 Å². The smallest absolute Gasteiger partial charge is 0.251 e. The minimum absolute atomic E-state index is 0.0191. The minimum atomic E-state index is 0.0191. The second-order valence-electron chi connectivity index (χ2n) is 6.03. The predicted molar refractivity (Wildman–Crippen MR) is 76.9 cm³/mol. The van der Waals surface area contributed by atoms with E-state index in [1.807, 2.05) is 0 Å². The Kier molecular flexibility index (Phi) is 2.97. The van der Waals surface area contributed by atoms with Crippen molar-refractivity contribution in [1.29, 1.82) is 0 Å². The number of nitrogens with one attached hydrogen (secondary N) is 2. The van der Waals surface area contributed by atoms with Gasteiger partial charge >= 0.3 is 0 Å². The fourth-order valence-electron chi connectivity index (χ4n) is 2.92. The highest BCUT2D eigenvalue weighted by Crippen LogP contribution is 2.32. The Bertz CT molecular complexity index is 504. The van der Waals surface area contributed by atoms with E-state index in [-0.39, 0.29) is 11.3 Å². The lowest BCUT2D eigenvalue weighted by Gasteiger charge is -2.35. The zero-order valence-corrected chi connectivity index (χ0v) is 11.6. The molecule has 1 amide bonds. The minimum Gasteiger partial charge on any atom is -0.369 e. The van der Waals surface area contributed by atoms with Gasteiger partial charge in [-0.15, -0.1) is 0 Å². The van der Waals surface area contributed by atoms with Crippen LogP contribution in [0.15, 0.2) is 18.2 Å². The molecule has 2 aliphatic rings. The van der Waals surface area contributed by atoms with Crippen LogP contribution in [-0.2, 0) is 5.41 Å². The summed E-state index contributed by atoms with van der Waals surface area (Å²) in [5.41, 5.74) is 3.18. The summed E-state index contributed by atoms with van der Waals surface area (Å²) in [6.45, 7) is 9.09. The third-order valence-electron chi connectivity index (χ3n) is 4.15. The molecule has 2 aliphatic heterocycles. The molecule has 0 bridgehead atoms. The fraction of sp³-hybridized carbons (Fsp3) is 0.533. The largest absolute Gasteiger partial charge is 0.369 e. The molecule has 2 N–H and O–H groups in total. The van der Waals surface area contributed by atoms with Crippen molar-refractivity contribution in [2.45, 2.75) is 19.3 Å². The van der Waals surface area contributed by atoms with Gasteiger partial charge in [0.15, 0.2) is 0 Å². The maximum atomic E-state index is 12.1. The molecule has 3 rings (SSSR count). The molecule has 4 heteroatoms. The first-order chi connectivity index (χ1) is 9.08. The van der Waals surface area contributed by atoms with Crippen molar-refractivity contribution in [1.82, 2.24) is 10.6 Å². The van der Waals surface area contributed by atoms with Crippen LogP contribution in [-0.4, -0.2) is 38.6 Å². The van der Waals surface area contributed by atoms with E-state index in [2.05, 4.69) is 47.6 Å². The summed E-state index contributed by atoms with van der Waals surface area (Å²) >= 11 is 0. The van der Waals surface area contributed by atoms with Crippen LogP contribution >= 0.6 is 0 Å². The fourth-order valence-corrected chi connectivity index (χ4v) is 2.92. The molecule has 0 aliphatic carbocycles. The van der Waals surface area contributed by atoms with Crippen molar-refractivity contribution in [2.24, 2.45) is 0 Å². The highest BCUT2D eigenvalue weighted by molar-refractivity contribution is 5.98. The van der Waals surface area contributed by atoms with Crippen LogP contribution < -0.4 is 15.5 Å². The van der Waals surface area contributed by atoms with E-state index in [9.17, 15) is 4.79 Å². The quantitative estimate of drug-likeness (QED) is 0.794. The SMILES string of the molecule is CC1(C)CNC(=O)c2cc(N3CCNCC3)ccc21. The molecular weight excluding hydrogens is 238 g/mol. The van der Waals surface area contributed by atoms with Gasteiger partial charge in [-0.05, 0) is 17.7 Å². The van der Waals surface area contributed by atoms with Crippen molar-refractivity contribution < 1.29 is 4.79 Å². The lowest BCUT2D eigenvalue weighted by molar-refractivity contribution is 0.0930. The van der Waals surface area contributed by atoms with E-state index in [4.69, 9.17) is 0 Å². The van der Waals surface area contributed by atoms with E-state index in [1.54, 1.807) is 0 Å². The molecule has 1 aromatic rings. The summed E-state index contributed by atoms with van der Waals surface area (Å²) in [7, 11) is 0. The highest BCUT2D eigenvalue weighted by atomic mass is 16.1. The Morgan fingerprint density at radius 1 is 1.21 bits per heavy atom. The molecule has 2 heterocycles. The molecule has 0 saturated carbocycles. The third-order valence-corrected chi connectivity index (χ3v) is 4.15. The Morgan fingerprint density at radius 2 is 1.95 bits per heavy atom. The number of piperazine rings is 1. The standard InChI is InChI=1S/C15H21N3O/c1-15(2)10-17-14(19)12-9-11(3-4-13(12)15)18-7-5-16-6-8-18/h3-4,9,16H,5-8,10H2,1-2H3,(H,17,19). The average Bonchev–Trinajstić information content (AvgIpc) is 2.44. The molecular formula is C15H21N3O. The van der Waals surface area contributed by atoms with Gasteiger partial charge in [-0.2, -0.15) is 0 Å². The second-order valence-corrected chi connectivity index (χ2v) is 6.03. The summed E-state index contributed by atoms with van der Waals surface area (Å²) < 4.78 is 0. The van der Waals surface area contributed by atoms with Crippen LogP contribution in [0, 0.1) is 0 Å². The van der Waals surface area contributed by atoms with Crippen LogP contribution in [0.4, 0.5) is 5.69 Å². The van der Waals surface area contributed by atoms with Crippen LogP contribution in [0.5, 0.6) is 0 Å². The normalized spacial score (nSPS) is 21.8. The van der Waals surface area contributed by atoms with Gasteiger partial charge in [0.2, 0.25) is 0 Å². The lowest BCUT2D eigenvalue weighted by atomic mass is 9.79. The number of rotatable bonds is 1. The summed E-state index contributed by atoms with van der Waals surface area (Å²) in [4.78, 5) is 14.4. The molecule has 4 nitrogen and oxygen atoms in total. The van der Waals surface area contributed by atoms with E-state index in [1.165, 1.54) is 0 Å². The van der Waals surface area contributed by atoms with E-state index < -0.39 is 0 Å². The molecule has 1 aromatic carbocycles. The molecule has 102 valence electrons. The van der Waals surface area contributed by atoms with Crippen molar-refractivity contribution >= 4 is 11.6 Å². The molecule has 0 spiro atoms. The average molecular weight is 259 g/mol. The van der Waals surface area contributed by atoms with Gasteiger partial charge in [-0.25, -0.2) is 0 Å². The topological polar surface area (TPSA) is 44.4 Å². The number of amides is 1. The number of carbonyl (C=O) groups excluding carboxylic acids is 1. The van der Waals surface area contributed by atoms with E-state index in [0.29, 0.717) is 6.54 Å². The van der Waals surface area contributed by atoms with Crippen molar-refractivity contribution in [2.75, 3.05) is 37.6 Å². The second kappa shape index (κ2) is 4.53. The zero-order chi connectivity index (χ0) is 13.5. The third kappa shape index (κ3) is 2.21. The van der Waals surface area contributed by atoms with Gasteiger partial charge in [0.1, 0.15) is 0 Å². The lowest BCUT2D eigenvalue weighted by Crippen LogP contribution is -2.45. The van der Waals surface area contributed by atoms with Crippen LogP contribution in [0.3, 0.4) is 0 Å². The number of nitrogens with zero attached hydrogens (tertiary/aromatic N) is 1. The predicted octanol–water partition coefficient (Wildman–Crippen LogP) is 1.12. The Morgan fingerprint density at radius 3 is 2.68 bits per heavy atom. The number of benzene rings is 1. The number of hydrogen-bond acceptors (Lipinski definition) is 3. The summed E-state index contributed by atoms with van der Waals surface area (Å²) in [6, 6.07) is 6.34. The van der Waals surface area contributed by atoms with Gasteiger partial charge < -0.3 is 15.5 Å². The zero-order valence-electron chi connectivity index (χ0n) is 11.6. The first-order valence-corrected chi connectivity index (χ1v) is 6.96. The number of anilines is 1. The molecule has 0 aromatic heterocycles. The van der Waals surface area contributed by atoms with Crippen molar-refractivity contribution in [3.05, 3.63) is 29.3 Å². The summed E-state index contributed by atoms with van der Waals surface area (Å²) in [5.74, 6) is 0.0614.